The van der Waals surface area contributed by atoms with Gasteiger partial charge in [-0.25, -0.2) is 13.1 Å². The summed E-state index contributed by atoms with van der Waals surface area (Å²) in [6.07, 6.45) is 2.91. The molecule has 3 rings (SSSR count). The van der Waals surface area contributed by atoms with Crippen LogP contribution >= 0.6 is 0 Å². The molecule has 0 unspecified atom stereocenters. The molecule has 0 aliphatic carbocycles. The molecule has 138 valence electrons. The van der Waals surface area contributed by atoms with E-state index >= 15 is 0 Å². The zero-order valence-electron chi connectivity index (χ0n) is 15.1. The second-order valence-corrected chi connectivity index (χ2v) is 8.56. The van der Waals surface area contributed by atoms with Crippen LogP contribution in [0.1, 0.15) is 42.6 Å². The smallest absolute Gasteiger partial charge is 0.258 e. The minimum absolute atomic E-state index is 0.111. The molecular weight excluding hydrogens is 348 g/mol. The number of para-hydroxylation sites is 1. The predicted molar refractivity (Wildman–Crippen MR) is 103 cm³/mol. The van der Waals surface area contributed by atoms with E-state index in [1.807, 2.05) is 24.3 Å². The summed E-state index contributed by atoms with van der Waals surface area (Å²) >= 11 is 0. The van der Waals surface area contributed by atoms with Crippen molar-refractivity contribution in [2.24, 2.45) is 0 Å². The van der Waals surface area contributed by atoms with Crippen molar-refractivity contribution in [3.63, 3.8) is 0 Å². The first kappa shape index (κ1) is 18.6. The molecule has 0 saturated heterocycles. The first-order valence-corrected chi connectivity index (χ1v) is 10.4. The van der Waals surface area contributed by atoms with Gasteiger partial charge < -0.3 is 4.90 Å². The first-order valence-electron chi connectivity index (χ1n) is 8.90. The number of rotatable bonds is 4. The molecule has 1 aliphatic rings. The summed E-state index contributed by atoms with van der Waals surface area (Å²) in [6, 6.07) is 14.0. The number of nitrogens with zero attached hydrogens (tertiary/aromatic N) is 1. The van der Waals surface area contributed by atoms with Gasteiger partial charge in [0.1, 0.15) is 0 Å². The summed E-state index contributed by atoms with van der Waals surface area (Å²) in [6.45, 7) is 4.17. The molecule has 6 heteroatoms. The number of aryl methyl sites for hydroxylation is 1. The van der Waals surface area contributed by atoms with Gasteiger partial charge in [-0.2, -0.15) is 0 Å². The molecule has 0 fully saturated rings. The van der Waals surface area contributed by atoms with Crippen LogP contribution in [-0.2, 0) is 16.4 Å². The standard InChI is InChI=1S/C20H24N2O3S/c1-15(2)21-26(24,25)18-11-7-10-17(14-18)20(23)22-13-6-5-9-16-8-3-4-12-19(16)22/h3-4,7-8,10-12,14-15,21H,5-6,9,13H2,1-2H3. The Labute approximate surface area is 155 Å². The zero-order chi connectivity index (χ0) is 18.7. The average Bonchev–Trinajstić information content (AvgIpc) is 2.82. The topological polar surface area (TPSA) is 66.5 Å². The highest BCUT2D eigenvalue weighted by molar-refractivity contribution is 7.89. The Balaban J connectivity index is 1.95. The molecule has 2 aromatic carbocycles. The van der Waals surface area contributed by atoms with E-state index in [4.69, 9.17) is 0 Å². The third-order valence-corrected chi connectivity index (χ3v) is 6.04. The Morgan fingerprint density at radius 2 is 1.85 bits per heavy atom. The van der Waals surface area contributed by atoms with Gasteiger partial charge in [0.05, 0.1) is 4.90 Å². The summed E-state index contributed by atoms with van der Waals surface area (Å²) in [5, 5.41) is 0. The lowest BCUT2D eigenvalue weighted by atomic mass is 10.1. The zero-order valence-corrected chi connectivity index (χ0v) is 15.9. The maximum absolute atomic E-state index is 13.1. The van der Waals surface area contributed by atoms with E-state index in [2.05, 4.69) is 4.72 Å². The number of sulfonamides is 1. The number of hydrogen-bond acceptors (Lipinski definition) is 3. The van der Waals surface area contributed by atoms with Gasteiger partial charge in [0.25, 0.3) is 5.91 Å². The SMILES string of the molecule is CC(C)NS(=O)(=O)c1cccc(C(=O)N2CCCCc3ccccc32)c1. The molecule has 0 saturated carbocycles. The predicted octanol–water partition coefficient (Wildman–Crippen LogP) is 3.36. The molecule has 0 spiro atoms. The fourth-order valence-electron chi connectivity index (χ4n) is 3.23. The van der Waals surface area contributed by atoms with Gasteiger partial charge in [-0.15, -0.1) is 0 Å². The Morgan fingerprint density at radius 3 is 2.62 bits per heavy atom. The molecule has 0 bridgehead atoms. The van der Waals surface area contributed by atoms with Crippen LogP contribution in [0.15, 0.2) is 53.4 Å². The Kier molecular flexibility index (Phi) is 5.44. The number of carbonyl (C=O) groups excluding carboxylic acids is 1. The molecule has 0 radical (unpaired) electrons. The van der Waals surface area contributed by atoms with Crippen molar-refractivity contribution in [1.29, 1.82) is 0 Å². The molecule has 1 heterocycles. The number of carbonyl (C=O) groups is 1. The van der Waals surface area contributed by atoms with Crippen LogP contribution in [0.3, 0.4) is 0 Å². The van der Waals surface area contributed by atoms with Gasteiger partial charge in [-0.1, -0.05) is 24.3 Å². The summed E-state index contributed by atoms with van der Waals surface area (Å²) in [5.41, 5.74) is 2.46. The van der Waals surface area contributed by atoms with E-state index in [1.54, 1.807) is 30.9 Å². The Bertz CT molecular complexity index is 907. The third kappa shape index (κ3) is 3.97. The number of benzene rings is 2. The molecule has 0 aromatic heterocycles. The van der Waals surface area contributed by atoms with Crippen molar-refractivity contribution in [3.8, 4) is 0 Å². The van der Waals surface area contributed by atoms with Crippen LogP contribution in [0, 0.1) is 0 Å². The maximum atomic E-state index is 13.1. The molecule has 2 aromatic rings. The normalized spacial score (nSPS) is 14.8. The van der Waals surface area contributed by atoms with Crippen LogP contribution < -0.4 is 9.62 Å². The van der Waals surface area contributed by atoms with Crippen LogP contribution in [-0.4, -0.2) is 26.9 Å². The van der Waals surface area contributed by atoms with Crippen molar-refractivity contribution in [2.75, 3.05) is 11.4 Å². The summed E-state index contributed by atoms with van der Waals surface area (Å²) < 4.78 is 27.4. The number of fused-ring (bicyclic) bond motifs is 1. The highest BCUT2D eigenvalue weighted by Crippen LogP contribution is 2.28. The molecule has 1 aliphatic heterocycles. The average molecular weight is 372 g/mol. The fraction of sp³-hybridized carbons (Fsp3) is 0.350. The maximum Gasteiger partial charge on any atom is 0.258 e. The van der Waals surface area contributed by atoms with Crippen molar-refractivity contribution >= 4 is 21.6 Å². The van der Waals surface area contributed by atoms with Gasteiger partial charge in [-0.05, 0) is 62.9 Å². The van der Waals surface area contributed by atoms with Gasteiger partial charge in [0, 0.05) is 23.8 Å². The van der Waals surface area contributed by atoms with E-state index < -0.39 is 10.0 Å². The van der Waals surface area contributed by atoms with Crippen molar-refractivity contribution < 1.29 is 13.2 Å². The second-order valence-electron chi connectivity index (χ2n) is 6.85. The number of amides is 1. The van der Waals surface area contributed by atoms with Gasteiger partial charge in [0.2, 0.25) is 10.0 Å². The third-order valence-electron chi connectivity index (χ3n) is 4.39. The first-order chi connectivity index (χ1) is 12.4. The van der Waals surface area contributed by atoms with E-state index in [0.29, 0.717) is 12.1 Å². The number of anilines is 1. The molecule has 26 heavy (non-hydrogen) atoms. The number of nitrogens with one attached hydrogen (secondary N) is 1. The monoisotopic (exact) mass is 372 g/mol. The van der Waals surface area contributed by atoms with E-state index in [-0.39, 0.29) is 16.8 Å². The summed E-state index contributed by atoms with van der Waals surface area (Å²) in [5.74, 6) is -0.166. The highest BCUT2D eigenvalue weighted by atomic mass is 32.2. The Hall–Kier alpha value is -2.18. The van der Waals surface area contributed by atoms with Crippen LogP contribution in [0.25, 0.3) is 0 Å². The van der Waals surface area contributed by atoms with E-state index in [0.717, 1.165) is 30.5 Å². The van der Waals surface area contributed by atoms with E-state index in [9.17, 15) is 13.2 Å². The van der Waals surface area contributed by atoms with Crippen molar-refractivity contribution in [2.45, 2.75) is 44.0 Å². The summed E-state index contributed by atoms with van der Waals surface area (Å²) in [7, 11) is -3.63. The fourth-order valence-corrected chi connectivity index (χ4v) is 4.53. The molecule has 5 nitrogen and oxygen atoms in total. The quantitative estimate of drug-likeness (QED) is 0.895. The Morgan fingerprint density at radius 1 is 1.08 bits per heavy atom. The molecular formula is C20H24N2O3S. The lowest BCUT2D eigenvalue weighted by Gasteiger charge is -2.23. The molecule has 1 amide bonds. The van der Waals surface area contributed by atoms with Crippen LogP contribution in [0.4, 0.5) is 5.69 Å². The van der Waals surface area contributed by atoms with Gasteiger partial charge >= 0.3 is 0 Å². The lowest BCUT2D eigenvalue weighted by molar-refractivity contribution is 0.0986. The number of hydrogen-bond donors (Lipinski definition) is 1. The van der Waals surface area contributed by atoms with Gasteiger partial charge in [0.15, 0.2) is 0 Å². The van der Waals surface area contributed by atoms with Gasteiger partial charge in [-0.3, -0.25) is 4.79 Å². The lowest BCUT2D eigenvalue weighted by Crippen LogP contribution is -2.33. The van der Waals surface area contributed by atoms with Crippen molar-refractivity contribution in [1.82, 2.24) is 4.72 Å². The minimum Gasteiger partial charge on any atom is -0.308 e. The van der Waals surface area contributed by atoms with Crippen molar-refractivity contribution in [3.05, 3.63) is 59.7 Å². The van der Waals surface area contributed by atoms with Crippen LogP contribution in [0.5, 0.6) is 0 Å². The molecule has 1 N–H and O–H groups in total. The summed E-state index contributed by atoms with van der Waals surface area (Å²) in [4.78, 5) is 15.0. The minimum atomic E-state index is -3.63. The van der Waals surface area contributed by atoms with Crippen LogP contribution in [0.2, 0.25) is 0 Å². The highest BCUT2D eigenvalue weighted by Gasteiger charge is 2.24. The largest absolute Gasteiger partial charge is 0.308 e. The second kappa shape index (κ2) is 7.60. The molecule has 0 atom stereocenters. The van der Waals surface area contributed by atoms with E-state index in [1.165, 1.54) is 12.1 Å².